The normalized spacial score (nSPS) is 12.2. The largest absolute Gasteiger partial charge is 0.487 e. The van der Waals surface area contributed by atoms with Gasteiger partial charge in [0.1, 0.15) is 12.4 Å². The second-order valence-corrected chi connectivity index (χ2v) is 5.04. The van der Waals surface area contributed by atoms with E-state index in [1.54, 1.807) is 25.1 Å². The first-order valence-electron chi connectivity index (χ1n) is 6.39. The Hall–Kier alpha value is -1.55. The van der Waals surface area contributed by atoms with Crippen LogP contribution in [-0.2, 0) is 13.2 Å². The second-order valence-electron chi connectivity index (χ2n) is 4.63. The Labute approximate surface area is 123 Å². The molecule has 0 saturated carbocycles. The van der Waals surface area contributed by atoms with Crippen LogP contribution in [0.2, 0.25) is 5.02 Å². The number of ether oxygens (including phenoxy) is 1. The Bertz CT molecular complexity index is 564. The average Bonchev–Trinajstić information content (AvgIpc) is 2.46. The van der Waals surface area contributed by atoms with Gasteiger partial charge >= 0.3 is 0 Å². The second kappa shape index (κ2) is 6.75. The number of rotatable bonds is 5. The van der Waals surface area contributed by atoms with Gasteiger partial charge in [0, 0.05) is 0 Å². The molecule has 0 aliphatic heterocycles. The summed E-state index contributed by atoms with van der Waals surface area (Å²) in [6.07, 6.45) is -0.549. The number of benzene rings is 2. The minimum atomic E-state index is -0.549. The number of hydrogen-bond acceptors (Lipinski definition) is 3. The van der Waals surface area contributed by atoms with Crippen molar-refractivity contribution in [2.45, 2.75) is 26.2 Å². The fourth-order valence-electron chi connectivity index (χ4n) is 1.80. The molecule has 0 saturated heterocycles. The van der Waals surface area contributed by atoms with Crippen molar-refractivity contribution in [1.82, 2.24) is 0 Å². The summed E-state index contributed by atoms with van der Waals surface area (Å²) in [4.78, 5) is 0. The van der Waals surface area contributed by atoms with Gasteiger partial charge in [-0.25, -0.2) is 0 Å². The van der Waals surface area contributed by atoms with Gasteiger partial charge in [-0.2, -0.15) is 0 Å². The summed E-state index contributed by atoms with van der Waals surface area (Å²) in [5.41, 5.74) is 2.63. The van der Waals surface area contributed by atoms with Crippen molar-refractivity contribution in [3.05, 3.63) is 64.2 Å². The van der Waals surface area contributed by atoms with Crippen molar-refractivity contribution in [1.29, 1.82) is 0 Å². The van der Waals surface area contributed by atoms with Gasteiger partial charge in [0.25, 0.3) is 0 Å². The maximum atomic E-state index is 9.48. The van der Waals surface area contributed by atoms with Gasteiger partial charge in [0.2, 0.25) is 0 Å². The van der Waals surface area contributed by atoms with Crippen molar-refractivity contribution < 1.29 is 14.9 Å². The van der Waals surface area contributed by atoms with Crippen LogP contribution in [0.15, 0.2) is 42.5 Å². The van der Waals surface area contributed by atoms with Crippen molar-refractivity contribution in [3.8, 4) is 5.75 Å². The third-order valence-electron chi connectivity index (χ3n) is 3.04. The van der Waals surface area contributed by atoms with E-state index in [4.69, 9.17) is 21.4 Å². The van der Waals surface area contributed by atoms with Crippen LogP contribution in [0.1, 0.15) is 29.7 Å². The molecule has 4 heteroatoms. The highest BCUT2D eigenvalue weighted by Crippen LogP contribution is 2.28. The van der Waals surface area contributed by atoms with Gasteiger partial charge in [0.05, 0.1) is 17.7 Å². The lowest BCUT2D eigenvalue weighted by atomic mass is 10.1. The van der Waals surface area contributed by atoms with E-state index in [2.05, 4.69) is 0 Å². The molecular formula is C16H17ClO3. The van der Waals surface area contributed by atoms with Gasteiger partial charge < -0.3 is 14.9 Å². The van der Waals surface area contributed by atoms with Crippen molar-refractivity contribution in [3.63, 3.8) is 0 Å². The molecule has 0 heterocycles. The van der Waals surface area contributed by atoms with E-state index in [1.807, 2.05) is 24.3 Å². The van der Waals surface area contributed by atoms with Crippen LogP contribution < -0.4 is 4.74 Å². The maximum Gasteiger partial charge on any atom is 0.138 e. The maximum absolute atomic E-state index is 9.48. The van der Waals surface area contributed by atoms with E-state index in [9.17, 15) is 5.11 Å². The third kappa shape index (κ3) is 3.73. The molecule has 2 N–H and O–H groups in total. The first-order valence-corrected chi connectivity index (χ1v) is 6.77. The quantitative estimate of drug-likeness (QED) is 0.887. The number of aliphatic hydroxyl groups excluding tert-OH is 2. The molecule has 0 spiro atoms. The Morgan fingerprint density at radius 1 is 1.10 bits per heavy atom. The van der Waals surface area contributed by atoms with Crippen LogP contribution in [0, 0.1) is 0 Å². The Morgan fingerprint density at radius 3 is 2.30 bits per heavy atom. The first kappa shape index (κ1) is 14.9. The smallest absolute Gasteiger partial charge is 0.138 e. The summed E-state index contributed by atoms with van der Waals surface area (Å²) < 4.78 is 5.66. The van der Waals surface area contributed by atoms with Crippen LogP contribution in [-0.4, -0.2) is 10.2 Å². The molecule has 3 nitrogen and oxygen atoms in total. The number of halogens is 1. The van der Waals surface area contributed by atoms with E-state index in [-0.39, 0.29) is 6.61 Å². The number of hydrogen-bond donors (Lipinski definition) is 2. The summed E-state index contributed by atoms with van der Waals surface area (Å²) >= 11 is 6.12. The summed E-state index contributed by atoms with van der Waals surface area (Å²) in [5, 5.41) is 18.9. The van der Waals surface area contributed by atoms with E-state index in [0.717, 1.165) is 16.7 Å². The van der Waals surface area contributed by atoms with E-state index < -0.39 is 6.10 Å². The number of aliphatic hydroxyl groups is 2. The van der Waals surface area contributed by atoms with E-state index >= 15 is 0 Å². The standard InChI is InChI=1S/C16H17ClO3/c1-11(19)14-6-7-16(15(17)8-14)20-10-13-4-2-12(9-18)3-5-13/h2-8,11,18-19H,9-10H2,1H3/t11-/m0/s1. The van der Waals surface area contributed by atoms with E-state index in [0.29, 0.717) is 17.4 Å². The van der Waals surface area contributed by atoms with Gasteiger partial charge in [0.15, 0.2) is 0 Å². The lowest BCUT2D eigenvalue weighted by Crippen LogP contribution is -1.98. The zero-order valence-corrected chi connectivity index (χ0v) is 12.0. The summed E-state index contributed by atoms with van der Waals surface area (Å²) in [6, 6.07) is 12.8. The average molecular weight is 293 g/mol. The molecule has 2 aromatic rings. The molecule has 106 valence electrons. The SMILES string of the molecule is C[C@H](O)c1ccc(OCc2ccc(CO)cc2)c(Cl)c1. The Kier molecular flexibility index (Phi) is 5.01. The molecule has 0 amide bonds. The lowest BCUT2D eigenvalue weighted by molar-refractivity contribution is 0.199. The molecule has 0 radical (unpaired) electrons. The van der Waals surface area contributed by atoms with Gasteiger partial charge in [-0.15, -0.1) is 0 Å². The minimum Gasteiger partial charge on any atom is -0.487 e. The van der Waals surface area contributed by atoms with Gasteiger partial charge in [-0.05, 0) is 35.7 Å². The van der Waals surface area contributed by atoms with Crippen molar-refractivity contribution >= 4 is 11.6 Å². The summed E-state index contributed by atoms with van der Waals surface area (Å²) in [7, 11) is 0. The Morgan fingerprint density at radius 2 is 1.75 bits per heavy atom. The Balaban J connectivity index is 2.03. The lowest BCUT2D eigenvalue weighted by Gasteiger charge is -2.11. The fraction of sp³-hybridized carbons (Fsp3) is 0.250. The first-order chi connectivity index (χ1) is 9.60. The van der Waals surface area contributed by atoms with Crippen molar-refractivity contribution in [2.24, 2.45) is 0 Å². The summed E-state index contributed by atoms with van der Waals surface area (Å²) in [6.45, 7) is 2.13. The predicted octanol–water partition coefficient (Wildman–Crippen LogP) is 3.46. The zero-order chi connectivity index (χ0) is 14.5. The predicted molar refractivity (Wildman–Crippen MR) is 78.8 cm³/mol. The zero-order valence-electron chi connectivity index (χ0n) is 11.2. The molecule has 0 fully saturated rings. The third-order valence-corrected chi connectivity index (χ3v) is 3.33. The van der Waals surface area contributed by atoms with Crippen LogP contribution in [0.25, 0.3) is 0 Å². The molecule has 20 heavy (non-hydrogen) atoms. The van der Waals surface area contributed by atoms with Gasteiger partial charge in [-0.1, -0.05) is 41.9 Å². The highest BCUT2D eigenvalue weighted by molar-refractivity contribution is 6.32. The molecular weight excluding hydrogens is 276 g/mol. The van der Waals surface area contributed by atoms with Crippen LogP contribution in [0.4, 0.5) is 0 Å². The van der Waals surface area contributed by atoms with Crippen molar-refractivity contribution in [2.75, 3.05) is 0 Å². The summed E-state index contributed by atoms with van der Waals surface area (Å²) in [5.74, 6) is 0.585. The topological polar surface area (TPSA) is 49.7 Å². The minimum absolute atomic E-state index is 0.0355. The highest BCUT2D eigenvalue weighted by Gasteiger charge is 2.07. The molecule has 2 rings (SSSR count). The van der Waals surface area contributed by atoms with Crippen LogP contribution >= 0.6 is 11.6 Å². The highest BCUT2D eigenvalue weighted by atomic mass is 35.5. The monoisotopic (exact) mass is 292 g/mol. The van der Waals surface area contributed by atoms with Gasteiger partial charge in [-0.3, -0.25) is 0 Å². The molecule has 0 bridgehead atoms. The van der Waals surface area contributed by atoms with Crippen LogP contribution in [0.5, 0.6) is 5.75 Å². The molecule has 0 aliphatic carbocycles. The van der Waals surface area contributed by atoms with E-state index in [1.165, 1.54) is 0 Å². The molecule has 0 aliphatic rings. The molecule has 0 aromatic heterocycles. The molecule has 1 atom stereocenters. The molecule has 2 aromatic carbocycles. The van der Waals surface area contributed by atoms with Crippen LogP contribution in [0.3, 0.4) is 0 Å². The molecule has 0 unspecified atom stereocenters. The fourth-order valence-corrected chi connectivity index (χ4v) is 2.04.